The number of nitrogens with zero attached hydrogens (tertiary/aromatic N) is 2. The number of carbonyl (C=O) groups is 2. The Kier molecular flexibility index (Phi) is 11.0. The number of para-hydroxylation sites is 1. The van der Waals surface area contributed by atoms with Crippen LogP contribution in [0.3, 0.4) is 0 Å². The molecule has 0 fully saturated rings. The predicted octanol–water partition coefficient (Wildman–Crippen LogP) is 3.98. The van der Waals surface area contributed by atoms with Gasteiger partial charge in [-0.1, -0.05) is 62.7 Å². The highest BCUT2D eigenvalue weighted by Gasteiger charge is 2.31. The van der Waals surface area contributed by atoms with Crippen LogP contribution in [0, 0.1) is 0 Å². The summed E-state index contributed by atoms with van der Waals surface area (Å²) in [4.78, 5) is 28.1. The molecule has 1 unspecified atom stereocenters. The third-order valence-corrected chi connectivity index (χ3v) is 7.30. The third-order valence-electron chi connectivity index (χ3n) is 5.50. The number of hydrogen-bond donors (Lipinski definition) is 1. The van der Waals surface area contributed by atoms with Gasteiger partial charge < -0.3 is 10.2 Å². The van der Waals surface area contributed by atoms with E-state index in [1.807, 2.05) is 44.2 Å². The quantitative estimate of drug-likeness (QED) is 0.381. The van der Waals surface area contributed by atoms with Crippen LogP contribution in [0.1, 0.15) is 38.7 Å². The largest absolute Gasteiger partial charge is 0.354 e. The number of amides is 2. The zero-order valence-electron chi connectivity index (χ0n) is 20.0. The predicted molar refractivity (Wildman–Crippen MR) is 140 cm³/mol. The van der Waals surface area contributed by atoms with Crippen LogP contribution in [-0.4, -0.2) is 57.1 Å². The molecule has 0 saturated carbocycles. The van der Waals surface area contributed by atoms with E-state index in [-0.39, 0.29) is 5.91 Å². The summed E-state index contributed by atoms with van der Waals surface area (Å²) in [7, 11) is -3.75. The Bertz CT molecular complexity index is 1050. The standard InChI is InChI=1S/C25H34BrN3O4S/c1-4-6-17-27-25(31)22(5-2)28(18-16-20-12-8-7-9-13-20)24(30)19-29(34(3,32)33)23-15-11-10-14-21(23)26/h7-15,22H,4-6,16-19H2,1-3H3,(H,27,31). The molecule has 0 aliphatic carbocycles. The van der Waals surface area contributed by atoms with Crippen LogP contribution in [0.25, 0.3) is 0 Å². The normalized spacial score (nSPS) is 12.1. The molecular formula is C25H34BrN3O4S. The smallest absolute Gasteiger partial charge is 0.244 e. The summed E-state index contributed by atoms with van der Waals surface area (Å²) in [6, 6.07) is 15.9. The Morgan fingerprint density at radius 2 is 1.68 bits per heavy atom. The number of nitrogens with one attached hydrogen (secondary N) is 1. The fraction of sp³-hybridized carbons (Fsp3) is 0.440. The Balaban J connectivity index is 2.33. The summed E-state index contributed by atoms with van der Waals surface area (Å²) >= 11 is 3.38. The molecule has 9 heteroatoms. The minimum atomic E-state index is -3.75. The SMILES string of the molecule is CCCCNC(=O)C(CC)N(CCc1ccccc1)C(=O)CN(c1ccccc1Br)S(C)(=O)=O. The first-order valence-electron chi connectivity index (χ1n) is 11.5. The molecule has 2 rings (SSSR count). The number of benzene rings is 2. The lowest BCUT2D eigenvalue weighted by Crippen LogP contribution is -2.53. The summed E-state index contributed by atoms with van der Waals surface area (Å²) in [5.74, 6) is -0.640. The van der Waals surface area contributed by atoms with Crippen molar-refractivity contribution < 1.29 is 18.0 Å². The third kappa shape index (κ3) is 8.13. The van der Waals surface area contributed by atoms with Gasteiger partial charge in [0.15, 0.2) is 0 Å². The highest BCUT2D eigenvalue weighted by atomic mass is 79.9. The van der Waals surface area contributed by atoms with Gasteiger partial charge in [-0.25, -0.2) is 8.42 Å². The molecule has 2 amide bonds. The molecule has 0 aromatic heterocycles. The molecule has 0 aliphatic heterocycles. The lowest BCUT2D eigenvalue weighted by atomic mass is 10.1. The van der Waals surface area contributed by atoms with Crippen LogP contribution in [0.2, 0.25) is 0 Å². The second-order valence-corrected chi connectivity index (χ2v) is 10.9. The molecule has 1 N–H and O–H groups in total. The monoisotopic (exact) mass is 551 g/mol. The van der Waals surface area contributed by atoms with Gasteiger partial charge in [-0.05, 0) is 52.9 Å². The van der Waals surface area contributed by atoms with Gasteiger partial charge in [0.05, 0.1) is 11.9 Å². The highest BCUT2D eigenvalue weighted by Crippen LogP contribution is 2.27. The van der Waals surface area contributed by atoms with E-state index >= 15 is 0 Å². The Morgan fingerprint density at radius 3 is 2.26 bits per heavy atom. The van der Waals surface area contributed by atoms with Crippen LogP contribution in [0.5, 0.6) is 0 Å². The molecule has 0 heterocycles. The average molecular weight is 553 g/mol. The first-order valence-corrected chi connectivity index (χ1v) is 14.2. The van der Waals surface area contributed by atoms with Crippen molar-refractivity contribution in [2.75, 3.05) is 30.2 Å². The second kappa shape index (κ2) is 13.5. The van der Waals surface area contributed by atoms with E-state index in [9.17, 15) is 18.0 Å². The lowest BCUT2D eigenvalue weighted by molar-refractivity contribution is -0.139. The van der Waals surface area contributed by atoms with Crippen molar-refractivity contribution in [3.63, 3.8) is 0 Å². The van der Waals surface area contributed by atoms with E-state index in [2.05, 4.69) is 21.2 Å². The number of anilines is 1. The van der Waals surface area contributed by atoms with E-state index in [4.69, 9.17) is 0 Å². The number of hydrogen-bond acceptors (Lipinski definition) is 4. The number of sulfonamides is 1. The van der Waals surface area contributed by atoms with Gasteiger partial charge in [0.25, 0.3) is 0 Å². The van der Waals surface area contributed by atoms with Gasteiger partial charge in [0, 0.05) is 17.6 Å². The molecule has 2 aromatic rings. The molecule has 0 saturated heterocycles. The van der Waals surface area contributed by atoms with Crippen molar-refractivity contribution in [2.45, 2.75) is 45.6 Å². The fourth-order valence-corrected chi connectivity index (χ4v) is 5.13. The van der Waals surface area contributed by atoms with E-state index in [0.29, 0.717) is 36.1 Å². The maximum atomic E-state index is 13.6. The number of rotatable bonds is 13. The van der Waals surface area contributed by atoms with Gasteiger partial charge in [-0.15, -0.1) is 0 Å². The summed E-state index contributed by atoms with van der Waals surface area (Å²) in [5.41, 5.74) is 1.41. The van der Waals surface area contributed by atoms with Crippen molar-refractivity contribution in [1.82, 2.24) is 10.2 Å². The molecule has 0 spiro atoms. The van der Waals surface area contributed by atoms with Crippen molar-refractivity contribution >= 4 is 43.5 Å². The van der Waals surface area contributed by atoms with Crippen molar-refractivity contribution in [1.29, 1.82) is 0 Å². The van der Waals surface area contributed by atoms with Crippen molar-refractivity contribution in [3.05, 3.63) is 64.6 Å². The number of halogens is 1. The fourth-order valence-electron chi connectivity index (χ4n) is 3.65. The van der Waals surface area contributed by atoms with Crippen LogP contribution >= 0.6 is 15.9 Å². The maximum Gasteiger partial charge on any atom is 0.244 e. The van der Waals surface area contributed by atoms with Crippen LogP contribution in [0.15, 0.2) is 59.1 Å². The van der Waals surface area contributed by atoms with E-state index in [1.54, 1.807) is 24.3 Å². The molecule has 0 aliphatic rings. The molecule has 1 atom stereocenters. The molecule has 2 aromatic carbocycles. The van der Waals surface area contributed by atoms with E-state index < -0.39 is 28.5 Å². The van der Waals surface area contributed by atoms with Crippen LogP contribution < -0.4 is 9.62 Å². The maximum absolute atomic E-state index is 13.6. The zero-order valence-corrected chi connectivity index (χ0v) is 22.4. The summed E-state index contributed by atoms with van der Waals surface area (Å²) in [6.07, 6.45) is 3.85. The van der Waals surface area contributed by atoms with Gasteiger partial charge in [-0.2, -0.15) is 0 Å². The molecule has 7 nitrogen and oxygen atoms in total. The van der Waals surface area contributed by atoms with Gasteiger partial charge in [0.1, 0.15) is 12.6 Å². The number of carbonyl (C=O) groups excluding carboxylic acids is 2. The molecule has 0 radical (unpaired) electrons. The highest BCUT2D eigenvalue weighted by molar-refractivity contribution is 9.10. The zero-order chi connectivity index (χ0) is 25.1. The average Bonchev–Trinajstić information content (AvgIpc) is 2.80. The van der Waals surface area contributed by atoms with Crippen molar-refractivity contribution in [3.8, 4) is 0 Å². The minimum Gasteiger partial charge on any atom is -0.354 e. The topological polar surface area (TPSA) is 86.8 Å². The van der Waals surface area contributed by atoms with Crippen LogP contribution in [-0.2, 0) is 26.0 Å². The van der Waals surface area contributed by atoms with E-state index in [0.717, 1.165) is 29.0 Å². The Morgan fingerprint density at radius 1 is 1.03 bits per heavy atom. The lowest BCUT2D eigenvalue weighted by Gasteiger charge is -2.33. The minimum absolute atomic E-state index is 0.218. The first kappa shape index (κ1) is 27.9. The summed E-state index contributed by atoms with van der Waals surface area (Å²) in [6.45, 7) is 4.35. The first-order chi connectivity index (χ1) is 16.2. The van der Waals surface area contributed by atoms with E-state index in [1.165, 1.54) is 4.90 Å². The van der Waals surface area contributed by atoms with Crippen LogP contribution in [0.4, 0.5) is 5.69 Å². The van der Waals surface area contributed by atoms with Gasteiger partial charge >= 0.3 is 0 Å². The van der Waals surface area contributed by atoms with Gasteiger partial charge in [-0.3, -0.25) is 13.9 Å². The second-order valence-electron chi connectivity index (χ2n) is 8.11. The van der Waals surface area contributed by atoms with Crippen molar-refractivity contribution in [2.24, 2.45) is 0 Å². The van der Waals surface area contributed by atoms with Gasteiger partial charge in [0.2, 0.25) is 21.8 Å². The summed E-state index contributed by atoms with van der Waals surface area (Å²) < 4.78 is 26.9. The molecule has 0 bridgehead atoms. The summed E-state index contributed by atoms with van der Waals surface area (Å²) in [5, 5.41) is 2.92. The Labute approximate surface area is 211 Å². The molecular weight excluding hydrogens is 518 g/mol. The Hall–Kier alpha value is -2.39. The molecule has 186 valence electrons. The molecule has 34 heavy (non-hydrogen) atoms. The number of unbranched alkanes of at least 4 members (excludes halogenated alkanes) is 1.